The van der Waals surface area contributed by atoms with E-state index in [4.69, 9.17) is 4.74 Å². The predicted molar refractivity (Wildman–Crippen MR) is 113 cm³/mol. The molecule has 0 bridgehead atoms. The summed E-state index contributed by atoms with van der Waals surface area (Å²) >= 11 is 0. The number of carbonyl (C=O) groups excluding carboxylic acids is 1. The van der Waals surface area contributed by atoms with E-state index in [9.17, 15) is 13.2 Å². The summed E-state index contributed by atoms with van der Waals surface area (Å²) in [5, 5.41) is 2.82. The molecule has 2 aromatic rings. The van der Waals surface area contributed by atoms with Crippen molar-refractivity contribution in [3.05, 3.63) is 53.6 Å². The molecule has 1 aliphatic rings. The molecule has 8 heteroatoms. The maximum absolute atomic E-state index is 12.6. The van der Waals surface area contributed by atoms with Crippen LogP contribution in [-0.2, 0) is 16.6 Å². The van der Waals surface area contributed by atoms with Crippen molar-refractivity contribution >= 4 is 27.5 Å². The molecule has 1 N–H and O–H groups in total. The maximum Gasteiger partial charge on any atom is 0.286 e. The molecule has 7 nitrogen and oxygen atoms in total. The largest absolute Gasteiger partial charge is 0.497 e. The first-order valence-electron chi connectivity index (χ1n) is 9.50. The summed E-state index contributed by atoms with van der Waals surface area (Å²) in [4.78, 5) is 14.5. The van der Waals surface area contributed by atoms with Crippen LogP contribution in [0.1, 0.15) is 42.6 Å². The topological polar surface area (TPSA) is 88.1 Å². The van der Waals surface area contributed by atoms with Crippen LogP contribution >= 0.6 is 0 Å². The number of methoxy groups -OCH3 is 1. The average molecular weight is 416 g/mol. The number of nitrogens with one attached hydrogen (secondary N) is 1. The van der Waals surface area contributed by atoms with Gasteiger partial charge in [-0.3, -0.25) is 4.79 Å². The van der Waals surface area contributed by atoms with Gasteiger partial charge in [-0.2, -0.15) is 8.42 Å². The van der Waals surface area contributed by atoms with Crippen LogP contribution in [0.4, 0.5) is 5.69 Å². The van der Waals surface area contributed by atoms with Crippen LogP contribution in [0.5, 0.6) is 5.75 Å². The molecule has 0 saturated carbocycles. The average Bonchev–Trinajstić information content (AvgIpc) is 2.71. The van der Waals surface area contributed by atoms with Gasteiger partial charge in [0, 0.05) is 18.7 Å². The van der Waals surface area contributed by atoms with E-state index in [0.717, 1.165) is 24.2 Å². The molecule has 1 heterocycles. The Morgan fingerprint density at radius 2 is 1.90 bits per heavy atom. The Balaban J connectivity index is 1.80. The standard InChI is InChI=1S/C21H25N3O4S/c1-4-5-12-24-15(2)23-29(26,27)20-13-17(8-11-19(20)24)21(25)22-14-16-6-9-18(28-3)10-7-16/h6-11,13H,4-5,12,14H2,1-3H3,(H,22,25). The summed E-state index contributed by atoms with van der Waals surface area (Å²) < 4.78 is 34.1. The fourth-order valence-corrected chi connectivity index (χ4v) is 4.42. The molecule has 1 aliphatic heterocycles. The summed E-state index contributed by atoms with van der Waals surface area (Å²) in [6.45, 7) is 4.76. The SMILES string of the molecule is CCCCN1C(C)=NS(=O)(=O)c2cc(C(=O)NCc3ccc(OC)cc3)ccc21. The lowest BCUT2D eigenvalue weighted by molar-refractivity contribution is 0.0950. The fourth-order valence-electron chi connectivity index (χ4n) is 3.16. The van der Waals surface area contributed by atoms with Crippen molar-refractivity contribution in [3.63, 3.8) is 0 Å². The molecule has 3 rings (SSSR count). The first kappa shape index (κ1) is 20.9. The van der Waals surface area contributed by atoms with Gasteiger partial charge >= 0.3 is 0 Å². The summed E-state index contributed by atoms with van der Waals surface area (Å²) in [5.41, 5.74) is 1.76. The van der Waals surface area contributed by atoms with Gasteiger partial charge in [0.25, 0.3) is 15.9 Å². The highest BCUT2D eigenvalue weighted by molar-refractivity contribution is 7.90. The molecule has 29 heavy (non-hydrogen) atoms. The first-order valence-corrected chi connectivity index (χ1v) is 10.9. The van der Waals surface area contributed by atoms with E-state index < -0.39 is 10.0 Å². The number of unbranched alkanes of at least 4 members (excludes halogenated alkanes) is 1. The van der Waals surface area contributed by atoms with Crippen molar-refractivity contribution in [1.82, 2.24) is 5.32 Å². The van der Waals surface area contributed by atoms with Gasteiger partial charge in [0.15, 0.2) is 0 Å². The Labute approximate surface area is 171 Å². The van der Waals surface area contributed by atoms with E-state index in [1.165, 1.54) is 6.07 Å². The third-order valence-corrected chi connectivity index (χ3v) is 6.17. The Hall–Kier alpha value is -2.87. The van der Waals surface area contributed by atoms with Crippen molar-refractivity contribution in [1.29, 1.82) is 0 Å². The van der Waals surface area contributed by atoms with Gasteiger partial charge in [-0.1, -0.05) is 25.5 Å². The molecule has 0 saturated heterocycles. The van der Waals surface area contributed by atoms with Crippen molar-refractivity contribution in [2.24, 2.45) is 4.40 Å². The van der Waals surface area contributed by atoms with E-state index in [-0.39, 0.29) is 16.4 Å². The number of benzene rings is 2. The fraction of sp³-hybridized carbons (Fsp3) is 0.333. The monoisotopic (exact) mass is 415 g/mol. The number of ether oxygens (including phenoxy) is 1. The third kappa shape index (κ3) is 4.59. The quantitative estimate of drug-likeness (QED) is 0.749. The van der Waals surface area contributed by atoms with Crippen LogP contribution < -0.4 is 15.0 Å². The number of rotatable bonds is 7. The third-order valence-electron chi connectivity index (χ3n) is 4.78. The van der Waals surface area contributed by atoms with Gasteiger partial charge in [-0.15, -0.1) is 4.40 Å². The molecule has 1 amide bonds. The Morgan fingerprint density at radius 3 is 2.55 bits per heavy atom. The Kier molecular flexibility index (Phi) is 6.22. The Bertz CT molecular complexity index is 1030. The van der Waals surface area contributed by atoms with E-state index >= 15 is 0 Å². The molecule has 0 aromatic heterocycles. The van der Waals surface area contributed by atoms with Gasteiger partial charge < -0.3 is 15.0 Å². The van der Waals surface area contributed by atoms with Gasteiger partial charge in [-0.05, 0) is 49.2 Å². The van der Waals surface area contributed by atoms with Crippen LogP contribution in [-0.4, -0.2) is 33.8 Å². The summed E-state index contributed by atoms with van der Waals surface area (Å²) in [6, 6.07) is 12.1. The minimum atomic E-state index is -3.83. The number of sulfonamides is 1. The minimum absolute atomic E-state index is 0.0660. The summed E-state index contributed by atoms with van der Waals surface area (Å²) in [5.74, 6) is 0.844. The van der Waals surface area contributed by atoms with Crippen molar-refractivity contribution in [2.45, 2.75) is 38.1 Å². The van der Waals surface area contributed by atoms with E-state index in [0.29, 0.717) is 24.6 Å². The molecule has 2 aromatic carbocycles. The zero-order valence-corrected chi connectivity index (χ0v) is 17.6. The second kappa shape index (κ2) is 8.65. The number of amides is 1. The molecule has 154 valence electrons. The normalized spacial score (nSPS) is 14.7. The lowest BCUT2D eigenvalue weighted by atomic mass is 10.1. The molecule has 0 unspecified atom stereocenters. The van der Waals surface area contributed by atoms with Crippen LogP contribution in [0, 0.1) is 0 Å². The van der Waals surface area contributed by atoms with Gasteiger partial charge in [0.05, 0.1) is 12.8 Å². The maximum atomic E-state index is 12.6. The molecular formula is C21H25N3O4S. The predicted octanol–water partition coefficient (Wildman–Crippen LogP) is 3.35. The zero-order valence-electron chi connectivity index (χ0n) is 16.8. The number of fused-ring (bicyclic) bond motifs is 1. The number of anilines is 1. The first-order chi connectivity index (χ1) is 13.9. The highest BCUT2D eigenvalue weighted by atomic mass is 32.2. The lowest BCUT2D eigenvalue weighted by Gasteiger charge is -2.29. The molecule has 0 fully saturated rings. The van der Waals surface area contributed by atoms with E-state index in [1.807, 2.05) is 29.2 Å². The number of hydrogen-bond donors (Lipinski definition) is 1. The second-order valence-electron chi connectivity index (χ2n) is 6.83. The van der Waals surface area contributed by atoms with Gasteiger partial charge in [0.2, 0.25) is 0 Å². The smallest absolute Gasteiger partial charge is 0.286 e. The van der Waals surface area contributed by atoms with Crippen LogP contribution in [0.2, 0.25) is 0 Å². The minimum Gasteiger partial charge on any atom is -0.497 e. The zero-order chi connectivity index (χ0) is 21.0. The molecule has 0 spiro atoms. The van der Waals surface area contributed by atoms with Crippen LogP contribution in [0.15, 0.2) is 51.8 Å². The highest BCUT2D eigenvalue weighted by Gasteiger charge is 2.29. The number of carbonyl (C=O) groups is 1. The highest BCUT2D eigenvalue weighted by Crippen LogP contribution is 2.32. The number of hydrogen-bond acceptors (Lipinski definition) is 5. The number of amidine groups is 1. The van der Waals surface area contributed by atoms with Crippen LogP contribution in [0.25, 0.3) is 0 Å². The van der Waals surface area contributed by atoms with Gasteiger partial charge in [-0.25, -0.2) is 0 Å². The van der Waals surface area contributed by atoms with Crippen molar-refractivity contribution in [3.8, 4) is 5.75 Å². The number of nitrogens with zero attached hydrogens (tertiary/aromatic N) is 2. The van der Waals surface area contributed by atoms with Gasteiger partial charge in [0.1, 0.15) is 16.5 Å². The van der Waals surface area contributed by atoms with Crippen LogP contribution in [0.3, 0.4) is 0 Å². The summed E-state index contributed by atoms with van der Waals surface area (Å²) in [6.07, 6.45) is 1.90. The molecular weight excluding hydrogens is 390 g/mol. The molecule has 0 atom stereocenters. The van der Waals surface area contributed by atoms with Crippen molar-refractivity contribution in [2.75, 3.05) is 18.6 Å². The van der Waals surface area contributed by atoms with E-state index in [1.54, 1.807) is 26.2 Å². The Morgan fingerprint density at radius 1 is 1.17 bits per heavy atom. The molecule has 0 aliphatic carbocycles. The second-order valence-corrected chi connectivity index (χ2v) is 8.40. The summed E-state index contributed by atoms with van der Waals surface area (Å²) in [7, 11) is -2.23. The van der Waals surface area contributed by atoms with Crippen molar-refractivity contribution < 1.29 is 17.9 Å². The van der Waals surface area contributed by atoms with E-state index in [2.05, 4.69) is 16.6 Å². The lowest BCUT2D eigenvalue weighted by Crippen LogP contribution is -2.35. The molecule has 0 radical (unpaired) electrons.